The number of rotatable bonds is 3. The highest BCUT2D eigenvalue weighted by Crippen LogP contribution is 2.17. The van der Waals surface area contributed by atoms with Gasteiger partial charge < -0.3 is 20.3 Å². The third-order valence-corrected chi connectivity index (χ3v) is 2.42. The van der Waals surface area contributed by atoms with Crippen LogP contribution in [0.25, 0.3) is 11.4 Å². The van der Waals surface area contributed by atoms with Gasteiger partial charge in [0.25, 0.3) is 0 Å². The smallest absolute Gasteiger partial charge is 0.408 e. The van der Waals surface area contributed by atoms with Gasteiger partial charge in [0, 0.05) is 11.3 Å². The largest absolute Gasteiger partial charge is 0.444 e. The van der Waals surface area contributed by atoms with Crippen LogP contribution in [0.5, 0.6) is 0 Å². The summed E-state index contributed by atoms with van der Waals surface area (Å²) in [6.45, 7) is 5.48. The minimum absolute atomic E-state index is 0.108. The Morgan fingerprint density at radius 1 is 1.33 bits per heavy atom. The van der Waals surface area contributed by atoms with Gasteiger partial charge in [0.05, 0.1) is 0 Å². The molecule has 0 radical (unpaired) electrons. The zero-order chi connectivity index (χ0) is 15.5. The lowest BCUT2D eigenvalue weighted by atomic mass is 10.2. The molecule has 2 aromatic rings. The van der Waals surface area contributed by atoms with Crippen molar-refractivity contribution < 1.29 is 14.1 Å². The number of ether oxygens (including phenoxy) is 1. The Morgan fingerprint density at radius 3 is 2.62 bits per heavy atom. The Balaban J connectivity index is 1.94. The maximum Gasteiger partial charge on any atom is 0.408 e. The van der Waals surface area contributed by atoms with Crippen LogP contribution in [0.2, 0.25) is 0 Å². The summed E-state index contributed by atoms with van der Waals surface area (Å²) in [6.07, 6.45) is -0.533. The van der Waals surface area contributed by atoms with E-state index in [9.17, 15) is 4.79 Å². The van der Waals surface area contributed by atoms with Gasteiger partial charge in [-0.05, 0) is 45.0 Å². The van der Waals surface area contributed by atoms with Crippen molar-refractivity contribution in [1.82, 2.24) is 15.5 Å². The summed E-state index contributed by atoms with van der Waals surface area (Å²) in [5, 5.41) is 6.40. The number of nitrogen functional groups attached to an aromatic ring is 1. The number of alkyl carbamates (subject to hydrolysis) is 1. The van der Waals surface area contributed by atoms with Gasteiger partial charge in [0.1, 0.15) is 12.1 Å². The molecule has 1 aromatic carbocycles. The molecule has 0 bridgehead atoms. The number of carbonyl (C=O) groups is 1. The molecule has 1 amide bonds. The molecule has 0 aliphatic carbocycles. The van der Waals surface area contributed by atoms with Crippen LogP contribution in [-0.2, 0) is 11.3 Å². The highest BCUT2D eigenvalue weighted by molar-refractivity contribution is 5.67. The topological polar surface area (TPSA) is 103 Å². The molecular weight excluding hydrogens is 272 g/mol. The standard InChI is InChI=1S/C14H18N4O3/c1-14(2,3)20-13(19)16-8-11-17-12(18-21-11)9-4-6-10(15)7-5-9/h4-7H,8,15H2,1-3H3,(H,16,19). The average molecular weight is 290 g/mol. The zero-order valence-corrected chi connectivity index (χ0v) is 12.2. The molecule has 0 unspecified atom stereocenters. The Hall–Kier alpha value is -2.57. The van der Waals surface area contributed by atoms with Crippen molar-refractivity contribution in [2.24, 2.45) is 0 Å². The van der Waals surface area contributed by atoms with Crippen molar-refractivity contribution in [1.29, 1.82) is 0 Å². The summed E-state index contributed by atoms with van der Waals surface area (Å²) in [7, 11) is 0. The molecule has 0 spiro atoms. The molecule has 1 aromatic heterocycles. The van der Waals surface area contributed by atoms with Crippen LogP contribution in [0, 0.1) is 0 Å². The van der Waals surface area contributed by atoms with E-state index in [4.69, 9.17) is 15.0 Å². The van der Waals surface area contributed by atoms with E-state index in [1.807, 2.05) is 0 Å². The van der Waals surface area contributed by atoms with E-state index in [-0.39, 0.29) is 6.54 Å². The van der Waals surface area contributed by atoms with Crippen molar-refractivity contribution in [2.75, 3.05) is 5.73 Å². The van der Waals surface area contributed by atoms with Crippen molar-refractivity contribution >= 4 is 11.8 Å². The first-order chi connectivity index (χ1) is 9.83. The van der Waals surface area contributed by atoms with Crippen LogP contribution in [0.4, 0.5) is 10.5 Å². The third kappa shape index (κ3) is 4.48. The quantitative estimate of drug-likeness (QED) is 0.841. The molecule has 3 N–H and O–H groups in total. The molecule has 0 aliphatic heterocycles. The molecular formula is C14H18N4O3. The van der Waals surface area contributed by atoms with E-state index in [0.717, 1.165) is 5.56 Å². The predicted octanol–water partition coefficient (Wildman–Crippen LogP) is 2.34. The van der Waals surface area contributed by atoms with Crippen LogP contribution < -0.4 is 11.1 Å². The molecule has 0 fully saturated rings. The Bertz CT molecular complexity index is 614. The molecule has 21 heavy (non-hydrogen) atoms. The van der Waals surface area contributed by atoms with E-state index in [0.29, 0.717) is 17.4 Å². The number of carbonyl (C=O) groups excluding carboxylic acids is 1. The summed E-state index contributed by atoms with van der Waals surface area (Å²) in [5.74, 6) is 0.740. The lowest BCUT2D eigenvalue weighted by Crippen LogP contribution is -2.32. The zero-order valence-electron chi connectivity index (χ0n) is 12.2. The van der Waals surface area contributed by atoms with Gasteiger partial charge in [-0.1, -0.05) is 5.16 Å². The summed E-state index contributed by atoms with van der Waals surface area (Å²) < 4.78 is 10.2. The van der Waals surface area contributed by atoms with Gasteiger partial charge >= 0.3 is 6.09 Å². The number of benzene rings is 1. The van der Waals surface area contributed by atoms with Crippen LogP contribution in [0.15, 0.2) is 28.8 Å². The van der Waals surface area contributed by atoms with E-state index in [2.05, 4.69) is 15.5 Å². The average Bonchev–Trinajstić information content (AvgIpc) is 2.84. The first-order valence-corrected chi connectivity index (χ1v) is 6.49. The van der Waals surface area contributed by atoms with Gasteiger partial charge in [-0.25, -0.2) is 4.79 Å². The third-order valence-electron chi connectivity index (χ3n) is 2.42. The SMILES string of the molecule is CC(C)(C)OC(=O)NCc1nc(-c2ccc(N)cc2)no1. The molecule has 1 heterocycles. The van der Waals surface area contributed by atoms with E-state index in [1.54, 1.807) is 45.0 Å². The maximum atomic E-state index is 11.5. The second kappa shape index (κ2) is 5.82. The first kappa shape index (κ1) is 14.8. The molecule has 0 aliphatic rings. The van der Waals surface area contributed by atoms with Crippen LogP contribution in [0.1, 0.15) is 26.7 Å². The van der Waals surface area contributed by atoms with Crippen molar-refractivity contribution in [2.45, 2.75) is 32.9 Å². The highest BCUT2D eigenvalue weighted by atomic mass is 16.6. The molecule has 7 heteroatoms. The van der Waals surface area contributed by atoms with Gasteiger partial charge in [0.15, 0.2) is 0 Å². The Labute approximate surface area is 122 Å². The number of anilines is 1. The molecule has 112 valence electrons. The molecule has 0 saturated heterocycles. The van der Waals surface area contributed by atoms with E-state index < -0.39 is 11.7 Å². The maximum absolute atomic E-state index is 11.5. The van der Waals surface area contributed by atoms with Gasteiger partial charge in [-0.2, -0.15) is 4.98 Å². The highest BCUT2D eigenvalue weighted by Gasteiger charge is 2.17. The fourth-order valence-corrected chi connectivity index (χ4v) is 1.54. The number of amides is 1. The fraction of sp³-hybridized carbons (Fsp3) is 0.357. The van der Waals surface area contributed by atoms with Crippen LogP contribution in [0.3, 0.4) is 0 Å². The van der Waals surface area contributed by atoms with Crippen molar-refractivity contribution in [3.8, 4) is 11.4 Å². The van der Waals surface area contributed by atoms with E-state index >= 15 is 0 Å². The fourth-order valence-electron chi connectivity index (χ4n) is 1.54. The summed E-state index contributed by atoms with van der Waals surface area (Å²) in [6, 6.07) is 7.10. The van der Waals surface area contributed by atoms with Crippen LogP contribution in [-0.4, -0.2) is 21.8 Å². The number of hydrogen-bond acceptors (Lipinski definition) is 6. The Kier molecular flexibility index (Phi) is 4.11. The van der Waals surface area contributed by atoms with Gasteiger partial charge in [-0.15, -0.1) is 0 Å². The normalized spacial score (nSPS) is 11.2. The Morgan fingerprint density at radius 2 is 2.00 bits per heavy atom. The minimum Gasteiger partial charge on any atom is -0.444 e. The number of hydrogen-bond donors (Lipinski definition) is 2. The molecule has 0 saturated carbocycles. The first-order valence-electron chi connectivity index (χ1n) is 6.49. The monoisotopic (exact) mass is 290 g/mol. The predicted molar refractivity (Wildman–Crippen MR) is 77.2 cm³/mol. The number of nitrogens with one attached hydrogen (secondary N) is 1. The molecule has 0 atom stereocenters. The summed E-state index contributed by atoms with van der Waals surface area (Å²) in [4.78, 5) is 15.7. The second-order valence-electron chi connectivity index (χ2n) is 5.49. The second-order valence-corrected chi connectivity index (χ2v) is 5.49. The number of aromatic nitrogens is 2. The molecule has 2 rings (SSSR count). The lowest BCUT2D eigenvalue weighted by Gasteiger charge is -2.19. The summed E-state index contributed by atoms with van der Waals surface area (Å²) >= 11 is 0. The number of nitrogens with two attached hydrogens (primary N) is 1. The van der Waals surface area contributed by atoms with Gasteiger partial charge in [0.2, 0.25) is 11.7 Å². The minimum atomic E-state index is -0.548. The van der Waals surface area contributed by atoms with Crippen molar-refractivity contribution in [3.63, 3.8) is 0 Å². The molecule has 7 nitrogen and oxygen atoms in total. The summed E-state index contributed by atoms with van der Waals surface area (Å²) in [5.41, 5.74) is 6.52. The van der Waals surface area contributed by atoms with Crippen LogP contribution >= 0.6 is 0 Å². The van der Waals surface area contributed by atoms with Crippen molar-refractivity contribution in [3.05, 3.63) is 30.2 Å². The number of nitrogens with zero attached hydrogens (tertiary/aromatic N) is 2. The van der Waals surface area contributed by atoms with E-state index in [1.165, 1.54) is 0 Å². The van der Waals surface area contributed by atoms with Gasteiger partial charge in [-0.3, -0.25) is 0 Å². The lowest BCUT2D eigenvalue weighted by molar-refractivity contribution is 0.0518.